The monoisotopic (exact) mass is 879 g/mol. The molecule has 0 saturated carbocycles. The number of carbonyl (C=O) groups is 2. The summed E-state index contributed by atoms with van der Waals surface area (Å²) in [5.74, 6) is -0.613. The van der Waals surface area contributed by atoms with E-state index < -0.39 is 6.10 Å². The summed E-state index contributed by atoms with van der Waals surface area (Å²) in [6.07, 6.45) is 73.0. The van der Waals surface area contributed by atoms with Crippen LogP contribution in [-0.2, 0) is 19.1 Å². The lowest BCUT2D eigenvalue weighted by molar-refractivity contribution is -0.161. The van der Waals surface area contributed by atoms with Gasteiger partial charge >= 0.3 is 11.9 Å². The van der Waals surface area contributed by atoms with Gasteiger partial charge in [0.2, 0.25) is 0 Å². The normalized spacial score (nSPS) is 12.7. The molecule has 0 aliphatic heterocycles. The van der Waals surface area contributed by atoms with E-state index in [1.165, 1.54) is 148 Å². The van der Waals surface area contributed by atoms with E-state index in [-0.39, 0.29) is 25.2 Å². The van der Waals surface area contributed by atoms with Crippen LogP contribution in [0, 0.1) is 0 Å². The van der Waals surface area contributed by atoms with Gasteiger partial charge in [-0.05, 0) is 64.2 Å². The van der Waals surface area contributed by atoms with Gasteiger partial charge in [0.25, 0.3) is 0 Å². The molecule has 364 valence electrons. The van der Waals surface area contributed by atoms with Crippen LogP contribution in [-0.4, -0.2) is 36.4 Å². The lowest BCUT2D eigenvalue weighted by atomic mass is 10.0. The summed E-state index contributed by atoms with van der Waals surface area (Å²) < 4.78 is 10.7. The van der Waals surface area contributed by atoms with Crippen molar-refractivity contribution in [1.82, 2.24) is 0 Å². The molecule has 0 aromatic heterocycles. The first kappa shape index (κ1) is 60.3. The second-order valence-electron chi connectivity index (χ2n) is 17.9. The number of hydrogen-bond acceptors (Lipinski definition) is 5. The molecule has 0 aromatic rings. The summed E-state index contributed by atoms with van der Waals surface area (Å²) in [4.78, 5) is 24.5. The van der Waals surface area contributed by atoms with Crippen LogP contribution in [0.5, 0.6) is 0 Å². The third-order valence-electron chi connectivity index (χ3n) is 11.8. The fraction of sp³-hybridized carbons (Fsp3) is 0.759. The second-order valence-corrected chi connectivity index (χ2v) is 17.9. The molecule has 0 saturated heterocycles. The molecule has 0 heterocycles. The summed E-state index contributed by atoms with van der Waals surface area (Å²) in [5, 5.41) is 9.64. The topological polar surface area (TPSA) is 72.8 Å². The van der Waals surface area contributed by atoms with Crippen LogP contribution in [0.4, 0.5) is 0 Å². The van der Waals surface area contributed by atoms with E-state index in [1.807, 2.05) is 0 Å². The van der Waals surface area contributed by atoms with Gasteiger partial charge in [-0.25, -0.2) is 0 Å². The Morgan fingerprint density at radius 3 is 1.03 bits per heavy atom. The van der Waals surface area contributed by atoms with Gasteiger partial charge in [0.1, 0.15) is 6.61 Å². The molecule has 0 radical (unpaired) electrons. The van der Waals surface area contributed by atoms with Crippen LogP contribution in [0.15, 0.2) is 72.9 Å². The van der Waals surface area contributed by atoms with Crippen LogP contribution in [0.25, 0.3) is 0 Å². The molecule has 0 rings (SSSR count). The molecule has 0 aliphatic rings. The Balaban J connectivity index is 3.52. The first-order valence-electron chi connectivity index (χ1n) is 27.0. The summed E-state index contributed by atoms with van der Waals surface area (Å²) in [7, 11) is 0. The van der Waals surface area contributed by atoms with Gasteiger partial charge in [0.05, 0.1) is 6.61 Å². The molecule has 0 aromatic carbocycles. The first-order valence-corrected chi connectivity index (χ1v) is 27.0. The summed E-state index contributed by atoms with van der Waals surface area (Å²) in [5.41, 5.74) is 0. The van der Waals surface area contributed by atoms with Crippen molar-refractivity contribution in [3.8, 4) is 0 Å². The zero-order valence-electron chi connectivity index (χ0n) is 41.6. The minimum atomic E-state index is -0.788. The number of aliphatic hydroxyl groups excluding tert-OH is 1. The van der Waals surface area contributed by atoms with Crippen molar-refractivity contribution in [3.63, 3.8) is 0 Å². The van der Waals surface area contributed by atoms with Crippen LogP contribution >= 0.6 is 0 Å². The average Bonchev–Trinajstić information content (AvgIpc) is 3.29. The van der Waals surface area contributed by atoms with Crippen molar-refractivity contribution in [2.45, 2.75) is 270 Å². The highest BCUT2D eigenvalue weighted by Gasteiger charge is 2.16. The van der Waals surface area contributed by atoms with Crippen LogP contribution in [0.2, 0.25) is 0 Å². The predicted molar refractivity (Wildman–Crippen MR) is 274 cm³/mol. The number of esters is 2. The van der Waals surface area contributed by atoms with E-state index in [2.05, 4.69) is 86.8 Å². The molecular weight excluding hydrogens is 777 g/mol. The first-order chi connectivity index (χ1) is 31.1. The third-order valence-corrected chi connectivity index (χ3v) is 11.8. The molecule has 1 atom stereocenters. The van der Waals surface area contributed by atoms with E-state index in [4.69, 9.17) is 9.47 Å². The quantitative estimate of drug-likeness (QED) is 0.0374. The van der Waals surface area contributed by atoms with Gasteiger partial charge in [0.15, 0.2) is 6.10 Å². The zero-order valence-corrected chi connectivity index (χ0v) is 41.6. The maximum Gasteiger partial charge on any atom is 0.306 e. The Bertz CT molecular complexity index is 1130. The van der Waals surface area contributed by atoms with E-state index in [1.54, 1.807) is 0 Å². The van der Waals surface area contributed by atoms with Crippen molar-refractivity contribution >= 4 is 11.9 Å². The second kappa shape index (κ2) is 53.7. The molecule has 5 heteroatoms. The van der Waals surface area contributed by atoms with Crippen LogP contribution in [0.1, 0.15) is 264 Å². The molecule has 0 fully saturated rings. The molecule has 63 heavy (non-hydrogen) atoms. The van der Waals surface area contributed by atoms with Gasteiger partial charge in [-0.3, -0.25) is 9.59 Å². The number of carbonyl (C=O) groups excluding carboxylic acids is 2. The van der Waals surface area contributed by atoms with Gasteiger partial charge in [-0.2, -0.15) is 0 Å². The number of aliphatic hydroxyl groups is 1. The summed E-state index contributed by atoms with van der Waals surface area (Å²) >= 11 is 0. The third kappa shape index (κ3) is 51.9. The SMILES string of the molecule is CC/C=C\C/C=C\C/C=C\C/C=C\C/C=C\C/C=C\CCCCCCC(=O)OC(CO)COC(=O)CCCCCCCCCCCCCCCCCCCCCCCCCCCC. The van der Waals surface area contributed by atoms with Crippen molar-refractivity contribution in [2.75, 3.05) is 13.2 Å². The number of allylic oxidation sites excluding steroid dienone is 12. The fourth-order valence-electron chi connectivity index (χ4n) is 7.74. The van der Waals surface area contributed by atoms with Crippen molar-refractivity contribution in [1.29, 1.82) is 0 Å². The lowest BCUT2D eigenvalue weighted by Crippen LogP contribution is -2.28. The molecule has 0 aliphatic carbocycles. The molecule has 0 spiro atoms. The van der Waals surface area contributed by atoms with E-state index >= 15 is 0 Å². The summed E-state index contributed by atoms with van der Waals surface area (Å²) in [6.45, 7) is 4.03. The molecule has 0 amide bonds. The van der Waals surface area contributed by atoms with E-state index in [9.17, 15) is 14.7 Å². The zero-order chi connectivity index (χ0) is 45.6. The smallest absolute Gasteiger partial charge is 0.306 e. The maximum atomic E-state index is 12.3. The Hall–Kier alpha value is -2.66. The highest BCUT2D eigenvalue weighted by molar-refractivity contribution is 5.70. The Morgan fingerprint density at radius 1 is 0.381 bits per heavy atom. The van der Waals surface area contributed by atoms with Crippen LogP contribution in [0.3, 0.4) is 0 Å². The Kier molecular flexibility index (Phi) is 51.4. The highest BCUT2D eigenvalue weighted by Crippen LogP contribution is 2.17. The average molecular weight is 879 g/mol. The lowest BCUT2D eigenvalue weighted by Gasteiger charge is -2.15. The number of unbranched alkanes of at least 4 members (excludes halogenated alkanes) is 29. The molecule has 1 unspecified atom stereocenters. The largest absolute Gasteiger partial charge is 0.462 e. The minimum Gasteiger partial charge on any atom is -0.462 e. The van der Waals surface area contributed by atoms with Crippen molar-refractivity contribution in [3.05, 3.63) is 72.9 Å². The predicted octanol–water partition coefficient (Wildman–Crippen LogP) is 18.0. The van der Waals surface area contributed by atoms with Crippen LogP contribution < -0.4 is 0 Å². The Labute approximate surface area is 391 Å². The van der Waals surface area contributed by atoms with Crippen molar-refractivity contribution in [2.24, 2.45) is 0 Å². The van der Waals surface area contributed by atoms with E-state index in [0.29, 0.717) is 12.8 Å². The molecule has 1 N–H and O–H groups in total. The summed E-state index contributed by atoms with van der Waals surface area (Å²) in [6, 6.07) is 0. The minimum absolute atomic E-state index is 0.0769. The Morgan fingerprint density at radius 2 is 0.683 bits per heavy atom. The van der Waals surface area contributed by atoms with Gasteiger partial charge < -0.3 is 14.6 Å². The van der Waals surface area contributed by atoms with Crippen molar-refractivity contribution < 1.29 is 24.2 Å². The molecular formula is C58H102O5. The van der Waals surface area contributed by atoms with E-state index in [0.717, 1.165) is 89.9 Å². The fourth-order valence-corrected chi connectivity index (χ4v) is 7.74. The maximum absolute atomic E-state index is 12.3. The van der Waals surface area contributed by atoms with Gasteiger partial charge in [-0.1, -0.05) is 260 Å². The standard InChI is InChI=1S/C58H102O5/c1-3-5-7-9-11-13-15-17-19-21-23-25-27-28-29-31-32-34-36-38-40-42-44-46-48-50-52-57(60)62-55-56(54-59)63-58(61)53-51-49-47-45-43-41-39-37-35-33-30-26-24-22-20-18-16-14-12-10-8-6-4-2/h6,8,12,14,18,20,24,26,33,35,39,41,56,59H,3-5,7,9-11,13,15-17,19,21-23,25,27-32,34,36-38,40,42-55H2,1-2H3/b8-6-,14-12-,20-18-,26-24-,35-33-,41-39-. The number of ether oxygens (including phenoxy) is 2. The molecule has 0 bridgehead atoms. The highest BCUT2D eigenvalue weighted by atomic mass is 16.6. The number of rotatable bonds is 49. The van der Waals surface area contributed by atoms with Gasteiger partial charge in [0, 0.05) is 12.8 Å². The molecule has 5 nitrogen and oxygen atoms in total. The van der Waals surface area contributed by atoms with Gasteiger partial charge in [-0.15, -0.1) is 0 Å². The number of hydrogen-bond donors (Lipinski definition) is 1.